The van der Waals surface area contributed by atoms with Crippen molar-refractivity contribution in [3.63, 3.8) is 0 Å². The first-order chi connectivity index (χ1) is 15.8. The van der Waals surface area contributed by atoms with Crippen LogP contribution in [0.15, 0.2) is 46.8 Å². The Labute approximate surface area is 193 Å². The van der Waals surface area contributed by atoms with Crippen molar-refractivity contribution in [3.05, 3.63) is 52.4 Å². The number of esters is 2. The molecule has 1 aliphatic carbocycles. The summed E-state index contributed by atoms with van der Waals surface area (Å²) in [5, 5.41) is 3.24. The van der Waals surface area contributed by atoms with Gasteiger partial charge in [-0.2, -0.15) is 0 Å². The van der Waals surface area contributed by atoms with E-state index in [-0.39, 0.29) is 24.9 Å². The normalized spacial score (nSPS) is 22.5. The van der Waals surface area contributed by atoms with E-state index in [0.29, 0.717) is 35.6 Å². The first kappa shape index (κ1) is 24.5. The van der Waals surface area contributed by atoms with Crippen molar-refractivity contribution in [3.8, 4) is 5.75 Å². The lowest BCUT2D eigenvalue weighted by atomic mass is 9.69. The number of nitrogens with one attached hydrogen (secondary N) is 1. The topological polar surface area (TPSA) is 100 Å². The minimum atomic E-state index is -0.926. The minimum absolute atomic E-state index is 0.0871. The van der Waals surface area contributed by atoms with Gasteiger partial charge in [-0.25, -0.2) is 4.79 Å². The van der Waals surface area contributed by atoms with E-state index in [9.17, 15) is 14.4 Å². The van der Waals surface area contributed by atoms with E-state index in [0.717, 1.165) is 11.3 Å². The van der Waals surface area contributed by atoms with Gasteiger partial charge in [0.2, 0.25) is 0 Å². The highest BCUT2D eigenvalue weighted by atomic mass is 16.6. The molecule has 3 unspecified atom stereocenters. The molecule has 1 aromatic carbocycles. The first-order valence-electron chi connectivity index (χ1n) is 11.1. The lowest BCUT2D eigenvalue weighted by Gasteiger charge is -2.38. The van der Waals surface area contributed by atoms with E-state index in [2.05, 4.69) is 5.32 Å². The number of hydrogen-bond acceptors (Lipinski definition) is 8. The summed E-state index contributed by atoms with van der Waals surface area (Å²) >= 11 is 0. The third kappa shape index (κ3) is 4.95. The van der Waals surface area contributed by atoms with Crippen LogP contribution in [0.1, 0.15) is 38.7 Å². The molecule has 2 aliphatic rings. The molecule has 3 rings (SSSR count). The van der Waals surface area contributed by atoms with Gasteiger partial charge >= 0.3 is 11.9 Å². The smallest absolute Gasteiger partial charge is 0.336 e. The zero-order valence-electron chi connectivity index (χ0n) is 19.7. The number of Topliss-reactive ketones (excluding diaryl/α,β-unsaturated/α-hetero) is 1. The zero-order valence-corrected chi connectivity index (χ0v) is 19.7. The van der Waals surface area contributed by atoms with Crippen molar-refractivity contribution in [2.75, 3.05) is 34.0 Å². The largest absolute Gasteiger partial charge is 0.494 e. The first-order valence-corrected chi connectivity index (χ1v) is 11.1. The molecule has 8 heteroatoms. The fourth-order valence-corrected chi connectivity index (χ4v) is 4.50. The van der Waals surface area contributed by atoms with Gasteiger partial charge in [-0.1, -0.05) is 19.1 Å². The molecule has 1 N–H and O–H groups in total. The second-order valence-electron chi connectivity index (χ2n) is 8.17. The van der Waals surface area contributed by atoms with Gasteiger partial charge < -0.3 is 24.3 Å². The summed E-state index contributed by atoms with van der Waals surface area (Å²) < 4.78 is 20.9. The van der Waals surface area contributed by atoms with E-state index >= 15 is 0 Å². The summed E-state index contributed by atoms with van der Waals surface area (Å²) in [6.07, 6.45) is 0.484. The van der Waals surface area contributed by atoms with Crippen LogP contribution >= 0.6 is 0 Å². The van der Waals surface area contributed by atoms with Gasteiger partial charge in [-0.15, -0.1) is 0 Å². The summed E-state index contributed by atoms with van der Waals surface area (Å²) in [4.78, 5) is 39.2. The molecule has 1 aliphatic heterocycles. The highest BCUT2D eigenvalue weighted by Gasteiger charge is 2.47. The van der Waals surface area contributed by atoms with Crippen LogP contribution in [0.3, 0.4) is 0 Å². The average molecular weight is 458 g/mol. The molecule has 0 fully saturated rings. The number of rotatable bonds is 8. The fraction of sp³-hybridized carbons (Fsp3) is 0.480. The third-order valence-electron chi connectivity index (χ3n) is 6.01. The Morgan fingerprint density at radius 1 is 1.12 bits per heavy atom. The number of carbonyl (C=O) groups excluding carboxylic acids is 3. The van der Waals surface area contributed by atoms with E-state index in [1.165, 1.54) is 14.2 Å². The van der Waals surface area contributed by atoms with Gasteiger partial charge in [0.1, 0.15) is 18.3 Å². The maximum atomic E-state index is 13.6. The van der Waals surface area contributed by atoms with E-state index in [1.807, 2.05) is 26.0 Å². The Balaban J connectivity index is 2.10. The van der Waals surface area contributed by atoms with Crippen LogP contribution in [0.4, 0.5) is 0 Å². The maximum absolute atomic E-state index is 13.6. The van der Waals surface area contributed by atoms with Gasteiger partial charge in [0.15, 0.2) is 5.78 Å². The average Bonchev–Trinajstić information content (AvgIpc) is 2.78. The van der Waals surface area contributed by atoms with Gasteiger partial charge in [0.25, 0.3) is 0 Å². The zero-order chi connectivity index (χ0) is 24.1. The predicted octanol–water partition coefficient (Wildman–Crippen LogP) is 2.89. The lowest BCUT2D eigenvalue weighted by Crippen LogP contribution is -2.43. The molecule has 0 bridgehead atoms. The van der Waals surface area contributed by atoms with Crippen molar-refractivity contribution in [1.82, 2.24) is 5.32 Å². The number of benzene rings is 1. The standard InChI is InChI=1S/C25H31NO7/c1-6-32-17-9-7-16(8-10-17)21-20(25(29)33-12-11-30-4)15(3)26-18-13-14(2)19(24(28)31-5)23(27)22(18)21/h7-10,14,19,21,26H,6,11-13H2,1-5H3. The molecule has 178 valence electrons. The van der Waals surface area contributed by atoms with E-state index in [4.69, 9.17) is 18.9 Å². The Morgan fingerprint density at radius 3 is 2.42 bits per heavy atom. The molecule has 8 nitrogen and oxygen atoms in total. The molecule has 0 aromatic heterocycles. The molecule has 1 aromatic rings. The van der Waals surface area contributed by atoms with Crippen molar-refractivity contribution < 1.29 is 33.3 Å². The van der Waals surface area contributed by atoms with Crippen molar-refractivity contribution in [1.29, 1.82) is 0 Å². The number of dihydropyridines is 1. The Morgan fingerprint density at radius 2 is 1.82 bits per heavy atom. The number of hydrogen-bond donors (Lipinski definition) is 1. The van der Waals surface area contributed by atoms with Crippen molar-refractivity contribution in [2.24, 2.45) is 11.8 Å². The van der Waals surface area contributed by atoms with Crippen LogP contribution in [-0.2, 0) is 28.6 Å². The molecule has 33 heavy (non-hydrogen) atoms. The maximum Gasteiger partial charge on any atom is 0.336 e. The molecular formula is C25H31NO7. The number of carbonyl (C=O) groups is 3. The second kappa shape index (κ2) is 10.7. The lowest BCUT2D eigenvalue weighted by molar-refractivity contribution is -0.151. The molecule has 0 amide bonds. The number of allylic oxidation sites excluding steroid dienone is 3. The van der Waals surface area contributed by atoms with Gasteiger partial charge in [0, 0.05) is 30.0 Å². The quantitative estimate of drug-likeness (QED) is 0.361. The molecular weight excluding hydrogens is 426 g/mol. The Kier molecular flexibility index (Phi) is 7.92. The molecule has 0 radical (unpaired) electrons. The van der Waals surface area contributed by atoms with E-state index < -0.39 is 23.8 Å². The summed E-state index contributed by atoms with van der Waals surface area (Å²) in [6.45, 7) is 6.41. The highest BCUT2D eigenvalue weighted by Crippen LogP contribution is 2.45. The van der Waals surface area contributed by atoms with E-state index in [1.54, 1.807) is 19.1 Å². The monoisotopic (exact) mass is 457 g/mol. The number of ether oxygens (including phenoxy) is 4. The molecule has 3 atom stereocenters. The Hall–Kier alpha value is -3.13. The minimum Gasteiger partial charge on any atom is -0.494 e. The number of methoxy groups -OCH3 is 2. The second-order valence-corrected chi connectivity index (χ2v) is 8.17. The summed E-state index contributed by atoms with van der Waals surface area (Å²) in [7, 11) is 2.80. The van der Waals surface area contributed by atoms with Crippen molar-refractivity contribution >= 4 is 17.7 Å². The van der Waals surface area contributed by atoms with Gasteiger partial charge in [-0.05, 0) is 43.9 Å². The summed E-state index contributed by atoms with van der Waals surface area (Å²) in [5.74, 6) is -2.60. The highest BCUT2D eigenvalue weighted by molar-refractivity contribution is 6.12. The SMILES string of the molecule is CCOc1ccc(C2C(C(=O)OCCOC)=C(C)NC3=C2C(=O)C(C(=O)OC)C(C)C3)cc1. The van der Waals surface area contributed by atoms with Crippen molar-refractivity contribution in [2.45, 2.75) is 33.1 Å². The van der Waals surface area contributed by atoms with Crippen LogP contribution in [0.25, 0.3) is 0 Å². The molecule has 0 saturated heterocycles. The molecule has 0 spiro atoms. The van der Waals surface area contributed by atoms with Crippen LogP contribution < -0.4 is 10.1 Å². The molecule has 1 heterocycles. The van der Waals surface area contributed by atoms with Crippen LogP contribution in [0.2, 0.25) is 0 Å². The van der Waals surface area contributed by atoms with Gasteiger partial charge in [-0.3, -0.25) is 9.59 Å². The molecule has 0 saturated carbocycles. The summed E-state index contributed by atoms with van der Waals surface area (Å²) in [6, 6.07) is 7.27. The van der Waals surface area contributed by atoms with Gasteiger partial charge in [0.05, 0.1) is 25.9 Å². The van der Waals surface area contributed by atoms with Crippen LogP contribution in [-0.4, -0.2) is 51.8 Å². The van der Waals surface area contributed by atoms with Crippen LogP contribution in [0.5, 0.6) is 5.75 Å². The third-order valence-corrected chi connectivity index (χ3v) is 6.01. The predicted molar refractivity (Wildman–Crippen MR) is 120 cm³/mol. The summed E-state index contributed by atoms with van der Waals surface area (Å²) in [5.41, 5.74) is 2.80. The van der Waals surface area contributed by atoms with Crippen LogP contribution in [0, 0.1) is 11.8 Å². The Bertz CT molecular complexity index is 977. The number of ketones is 1. The fourth-order valence-electron chi connectivity index (χ4n) is 4.50.